The summed E-state index contributed by atoms with van der Waals surface area (Å²) in [4.78, 5) is 30.3. The number of nitrogens with two attached hydrogens (primary N) is 1. The Morgan fingerprint density at radius 1 is 1.28 bits per heavy atom. The van der Waals surface area contributed by atoms with Crippen LogP contribution in [0.1, 0.15) is 33.6 Å². The summed E-state index contributed by atoms with van der Waals surface area (Å²) in [5.41, 5.74) is 6.18. The number of hydrogen-bond acceptors (Lipinski definition) is 8. The minimum Gasteiger partial charge on any atom is -0.444 e. The van der Waals surface area contributed by atoms with Gasteiger partial charge in [0.25, 0.3) is 5.56 Å². The van der Waals surface area contributed by atoms with Gasteiger partial charge in [-0.15, -0.1) is 0 Å². The third-order valence-electron chi connectivity index (χ3n) is 5.50. The molecule has 11 nitrogen and oxygen atoms in total. The normalized spacial score (nSPS) is 16.8. The van der Waals surface area contributed by atoms with Crippen LogP contribution in [0.5, 0.6) is 0 Å². The lowest BCUT2D eigenvalue weighted by molar-refractivity contribution is -0.143. The number of anilines is 2. The van der Waals surface area contributed by atoms with Crippen molar-refractivity contribution >= 4 is 23.1 Å². The average molecular weight is 509 g/mol. The maximum atomic E-state index is 12.9. The molecule has 194 valence electrons. The van der Waals surface area contributed by atoms with Gasteiger partial charge in [-0.25, -0.2) is 19.0 Å². The van der Waals surface area contributed by atoms with E-state index in [0.29, 0.717) is 34.7 Å². The topological polar surface area (TPSA) is 133 Å². The van der Waals surface area contributed by atoms with E-state index in [4.69, 9.17) is 10.5 Å². The second-order valence-electron chi connectivity index (χ2n) is 9.58. The summed E-state index contributed by atoms with van der Waals surface area (Å²) >= 11 is 0. The molecule has 1 aliphatic heterocycles. The fraction of sp³-hybridized carbons (Fsp3) is 0.500. The molecule has 1 aliphatic rings. The van der Waals surface area contributed by atoms with Crippen molar-refractivity contribution in [3.63, 3.8) is 0 Å². The van der Waals surface area contributed by atoms with Crippen molar-refractivity contribution in [3.8, 4) is 11.4 Å². The Kier molecular flexibility index (Phi) is 6.54. The van der Waals surface area contributed by atoms with Crippen LogP contribution in [0.3, 0.4) is 0 Å². The van der Waals surface area contributed by atoms with Gasteiger partial charge in [0.05, 0.1) is 11.4 Å². The molecule has 0 unspecified atom stereocenters. The molecule has 0 aliphatic carbocycles. The number of fused-ring (bicyclic) bond motifs is 1. The molecule has 0 radical (unpaired) electrons. The van der Waals surface area contributed by atoms with Crippen molar-refractivity contribution in [2.75, 3.05) is 23.7 Å². The molecule has 36 heavy (non-hydrogen) atoms. The van der Waals surface area contributed by atoms with Crippen LogP contribution in [0.2, 0.25) is 0 Å². The Morgan fingerprint density at radius 2 is 2.03 bits per heavy atom. The van der Waals surface area contributed by atoms with Gasteiger partial charge in [-0.3, -0.25) is 4.79 Å². The smallest absolute Gasteiger partial charge is 0.408 e. The zero-order valence-corrected chi connectivity index (χ0v) is 20.0. The molecule has 0 spiro atoms. The summed E-state index contributed by atoms with van der Waals surface area (Å²) in [6.45, 7) is 4.90. The SMILES string of the molecule is CC(C)(C)OC(=O)N[C@@H]1CCCN(c2cc(-c3ccc(=O)n(CC(F)(F)F)n3)n3ncnc(N)c23)C1. The van der Waals surface area contributed by atoms with Crippen molar-refractivity contribution < 1.29 is 22.7 Å². The van der Waals surface area contributed by atoms with Gasteiger partial charge < -0.3 is 20.7 Å². The van der Waals surface area contributed by atoms with Crippen LogP contribution < -0.4 is 21.5 Å². The van der Waals surface area contributed by atoms with Crippen molar-refractivity contribution in [3.05, 3.63) is 34.9 Å². The molecular formula is C22H27F3N8O3. The van der Waals surface area contributed by atoms with E-state index in [9.17, 15) is 22.8 Å². The van der Waals surface area contributed by atoms with Crippen molar-refractivity contribution in [2.24, 2.45) is 0 Å². The third-order valence-corrected chi connectivity index (χ3v) is 5.50. The van der Waals surface area contributed by atoms with Gasteiger partial charge in [0.1, 0.15) is 29.7 Å². The number of nitrogen functional groups attached to an aromatic ring is 1. The summed E-state index contributed by atoms with van der Waals surface area (Å²) in [5.74, 6) is 0.164. The first kappa shape index (κ1) is 25.3. The van der Waals surface area contributed by atoms with Crippen molar-refractivity contribution in [1.82, 2.24) is 29.7 Å². The highest BCUT2D eigenvalue weighted by atomic mass is 19.4. The van der Waals surface area contributed by atoms with Gasteiger partial charge >= 0.3 is 12.3 Å². The third kappa shape index (κ3) is 5.69. The fourth-order valence-electron chi connectivity index (χ4n) is 4.13. The Bertz CT molecular complexity index is 1330. The molecule has 4 heterocycles. The monoisotopic (exact) mass is 508 g/mol. The maximum absolute atomic E-state index is 12.9. The Labute approximate surface area is 204 Å². The summed E-state index contributed by atoms with van der Waals surface area (Å²) in [7, 11) is 0. The van der Waals surface area contributed by atoms with Gasteiger partial charge in [-0.2, -0.15) is 23.4 Å². The second kappa shape index (κ2) is 9.32. The molecule has 1 fully saturated rings. The van der Waals surface area contributed by atoms with E-state index in [1.54, 1.807) is 26.8 Å². The molecule has 1 amide bonds. The predicted molar refractivity (Wildman–Crippen MR) is 126 cm³/mol. The number of nitrogens with zero attached hydrogens (tertiary/aromatic N) is 6. The van der Waals surface area contributed by atoms with E-state index in [2.05, 4.69) is 20.5 Å². The lowest BCUT2D eigenvalue weighted by atomic mass is 10.1. The first-order chi connectivity index (χ1) is 16.8. The number of carbonyl (C=O) groups excluding carboxylic acids is 1. The van der Waals surface area contributed by atoms with E-state index in [-0.39, 0.29) is 17.6 Å². The second-order valence-corrected chi connectivity index (χ2v) is 9.58. The number of ether oxygens (including phenoxy) is 1. The molecular weight excluding hydrogens is 481 g/mol. The van der Waals surface area contributed by atoms with Crippen LogP contribution in [0.15, 0.2) is 29.3 Å². The van der Waals surface area contributed by atoms with E-state index in [1.165, 1.54) is 16.9 Å². The van der Waals surface area contributed by atoms with Gasteiger partial charge in [0.2, 0.25) is 0 Å². The number of alkyl halides is 3. The Hall–Kier alpha value is -3.84. The molecule has 3 aromatic rings. The summed E-state index contributed by atoms with van der Waals surface area (Å²) in [6.07, 6.45) is -2.40. The molecule has 3 aromatic heterocycles. The quantitative estimate of drug-likeness (QED) is 0.550. The molecule has 1 saturated heterocycles. The predicted octanol–water partition coefficient (Wildman–Crippen LogP) is 2.59. The van der Waals surface area contributed by atoms with Crippen LogP contribution in [0.4, 0.5) is 29.5 Å². The number of aromatic nitrogens is 5. The zero-order chi connectivity index (χ0) is 26.3. The molecule has 3 N–H and O–H groups in total. The summed E-state index contributed by atoms with van der Waals surface area (Å²) < 4.78 is 46.0. The Balaban J connectivity index is 1.69. The van der Waals surface area contributed by atoms with Gasteiger partial charge in [0.15, 0.2) is 5.82 Å². The highest BCUT2D eigenvalue weighted by Crippen LogP contribution is 2.34. The van der Waals surface area contributed by atoms with E-state index >= 15 is 0 Å². The van der Waals surface area contributed by atoms with Crippen molar-refractivity contribution in [2.45, 2.75) is 58.0 Å². The summed E-state index contributed by atoms with van der Waals surface area (Å²) in [6, 6.07) is 3.85. The first-order valence-corrected chi connectivity index (χ1v) is 11.3. The summed E-state index contributed by atoms with van der Waals surface area (Å²) in [5, 5.41) is 11.0. The van der Waals surface area contributed by atoms with E-state index in [0.717, 1.165) is 18.9 Å². The molecule has 14 heteroatoms. The molecule has 0 saturated carbocycles. The number of hydrogen-bond donors (Lipinski definition) is 2. The van der Waals surface area contributed by atoms with E-state index in [1.807, 2.05) is 4.90 Å². The number of amides is 1. The largest absolute Gasteiger partial charge is 0.444 e. The van der Waals surface area contributed by atoms with E-state index < -0.39 is 30.0 Å². The molecule has 1 atom stereocenters. The first-order valence-electron chi connectivity index (χ1n) is 11.3. The van der Waals surface area contributed by atoms with Crippen LogP contribution in [-0.2, 0) is 11.3 Å². The molecule has 0 aromatic carbocycles. The van der Waals surface area contributed by atoms with Gasteiger partial charge in [0, 0.05) is 25.2 Å². The van der Waals surface area contributed by atoms with Crippen LogP contribution in [0.25, 0.3) is 16.9 Å². The molecule has 0 bridgehead atoms. The minimum atomic E-state index is -4.61. The van der Waals surface area contributed by atoms with Crippen LogP contribution in [0, 0.1) is 0 Å². The number of carbonyl (C=O) groups is 1. The Morgan fingerprint density at radius 3 is 2.72 bits per heavy atom. The zero-order valence-electron chi connectivity index (χ0n) is 20.0. The average Bonchev–Trinajstić information content (AvgIpc) is 3.14. The van der Waals surface area contributed by atoms with Crippen molar-refractivity contribution in [1.29, 1.82) is 0 Å². The van der Waals surface area contributed by atoms with Gasteiger partial charge in [-0.1, -0.05) is 0 Å². The number of piperidine rings is 1. The highest BCUT2D eigenvalue weighted by molar-refractivity contribution is 5.88. The molecule has 4 rings (SSSR count). The van der Waals surface area contributed by atoms with Gasteiger partial charge in [-0.05, 0) is 45.7 Å². The van der Waals surface area contributed by atoms with Crippen LogP contribution >= 0.6 is 0 Å². The number of nitrogens with one attached hydrogen (secondary N) is 1. The minimum absolute atomic E-state index is 0.110. The highest BCUT2D eigenvalue weighted by Gasteiger charge is 2.30. The van der Waals surface area contributed by atoms with Crippen LogP contribution in [-0.4, -0.2) is 61.4 Å². The number of alkyl carbamates (subject to hydrolysis) is 1. The lowest BCUT2D eigenvalue weighted by Gasteiger charge is -2.34. The number of rotatable bonds is 4. The number of halogens is 3. The maximum Gasteiger partial charge on any atom is 0.408 e. The standard InChI is InChI=1S/C22H27F3N8O3/c1-21(2,3)36-20(35)29-13-5-4-8-31(10-13)16-9-15(33-18(16)19(26)27-12-28-33)14-6-7-17(34)32(30-14)11-22(23,24)25/h6-7,9,12-13H,4-5,8,10-11H2,1-3H3,(H,29,35)(H2,26,27,28)/t13-/m1/s1. The lowest BCUT2D eigenvalue weighted by Crippen LogP contribution is -2.49. The fourth-order valence-corrected chi connectivity index (χ4v) is 4.13.